The van der Waals surface area contributed by atoms with E-state index in [-0.39, 0.29) is 0 Å². The van der Waals surface area contributed by atoms with E-state index >= 15 is 0 Å². The fraction of sp³-hybridized carbons (Fsp3) is 0.556. The van der Waals surface area contributed by atoms with E-state index in [0.29, 0.717) is 5.92 Å². The fourth-order valence-electron chi connectivity index (χ4n) is 1.26. The van der Waals surface area contributed by atoms with Crippen LogP contribution in [-0.2, 0) is 12.8 Å². The number of hydrogen-bond donors (Lipinski definition) is 0. The standard InChI is InChI=1S/C9H12N2/c1-6(2)9-5-7-3-4-8(7)10-11-9/h5-6H,3-4H2,1-2H3. The molecule has 0 N–H and O–H groups in total. The van der Waals surface area contributed by atoms with E-state index in [9.17, 15) is 0 Å². The highest BCUT2D eigenvalue weighted by molar-refractivity contribution is 5.30. The molecule has 0 radical (unpaired) electrons. The van der Waals surface area contributed by atoms with Crippen LogP contribution in [0.3, 0.4) is 0 Å². The molecule has 2 rings (SSSR count). The first-order chi connectivity index (χ1) is 5.27. The van der Waals surface area contributed by atoms with E-state index in [4.69, 9.17) is 0 Å². The fourth-order valence-corrected chi connectivity index (χ4v) is 1.26. The summed E-state index contributed by atoms with van der Waals surface area (Å²) in [7, 11) is 0. The second-order valence-electron chi connectivity index (χ2n) is 3.40. The van der Waals surface area contributed by atoms with Crippen molar-refractivity contribution in [2.75, 3.05) is 0 Å². The Morgan fingerprint density at radius 1 is 1.27 bits per heavy atom. The Hall–Kier alpha value is -0.920. The lowest BCUT2D eigenvalue weighted by Crippen LogP contribution is -2.13. The van der Waals surface area contributed by atoms with Crippen LogP contribution in [0.4, 0.5) is 0 Å². The van der Waals surface area contributed by atoms with Gasteiger partial charge in [0.05, 0.1) is 11.4 Å². The Kier molecular flexibility index (Phi) is 1.41. The third-order valence-electron chi connectivity index (χ3n) is 2.20. The van der Waals surface area contributed by atoms with Gasteiger partial charge in [0.2, 0.25) is 0 Å². The van der Waals surface area contributed by atoms with Gasteiger partial charge in [-0.2, -0.15) is 10.2 Å². The summed E-state index contributed by atoms with van der Waals surface area (Å²) in [4.78, 5) is 0. The second kappa shape index (κ2) is 2.29. The third-order valence-corrected chi connectivity index (χ3v) is 2.20. The Morgan fingerprint density at radius 3 is 2.55 bits per heavy atom. The lowest BCUT2D eigenvalue weighted by molar-refractivity contribution is 0.699. The average Bonchev–Trinajstić information content (AvgIpc) is 1.91. The molecule has 0 saturated carbocycles. The molecule has 0 bridgehead atoms. The van der Waals surface area contributed by atoms with Crippen molar-refractivity contribution in [2.24, 2.45) is 0 Å². The summed E-state index contributed by atoms with van der Waals surface area (Å²) in [6.45, 7) is 4.30. The van der Waals surface area contributed by atoms with Gasteiger partial charge in [-0.1, -0.05) is 13.8 Å². The van der Waals surface area contributed by atoms with Crippen LogP contribution in [0.2, 0.25) is 0 Å². The monoisotopic (exact) mass is 148 g/mol. The van der Waals surface area contributed by atoms with Gasteiger partial charge in [-0.05, 0) is 30.4 Å². The van der Waals surface area contributed by atoms with Crippen molar-refractivity contribution in [3.8, 4) is 0 Å². The van der Waals surface area contributed by atoms with Gasteiger partial charge in [-0.15, -0.1) is 0 Å². The van der Waals surface area contributed by atoms with E-state index in [1.165, 1.54) is 17.7 Å². The number of rotatable bonds is 1. The van der Waals surface area contributed by atoms with Crippen LogP contribution in [0.25, 0.3) is 0 Å². The summed E-state index contributed by atoms with van der Waals surface area (Å²) in [5.74, 6) is 0.508. The molecule has 2 heteroatoms. The molecule has 2 nitrogen and oxygen atoms in total. The quantitative estimate of drug-likeness (QED) is 0.605. The third kappa shape index (κ3) is 1.02. The molecule has 0 aliphatic heterocycles. The van der Waals surface area contributed by atoms with Crippen LogP contribution in [0, 0.1) is 0 Å². The first kappa shape index (κ1) is 6.77. The number of aromatic nitrogens is 2. The number of nitrogens with zero attached hydrogens (tertiary/aromatic N) is 2. The van der Waals surface area contributed by atoms with Crippen molar-refractivity contribution < 1.29 is 0 Å². The largest absolute Gasteiger partial charge is 0.155 e. The average molecular weight is 148 g/mol. The zero-order valence-corrected chi connectivity index (χ0v) is 6.96. The van der Waals surface area contributed by atoms with Crippen LogP contribution in [0.15, 0.2) is 6.07 Å². The van der Waals surface area contributed by atoms with E-state index in [1.54, 1.807) is 0 Å². The molecule has 0 saturated heterocycles. The molecule has 11 heavy (non-hydrogen) atoms. The van der Waals surface area contributed by atoms with Crippen LogP contribution in [0.5, 0.6) is 0 Å². The molecule has 1 aromatic heterocycles. The topological polar surface area (TPSA) is 25.8 Å². The summed E-state index contributed by atoms with van der Waals surface area (Å²) in [6, 6.07) is 2.19. The predicted molar refractivity (Wildman–Crippen MR) is 43.5 cm³/mol. The Morgan fingerprint density at radius 2 is 2.09 bits per heavy atom. The SMILES string of the molecule is CC(C)c1cc2c(nn1)CC2. The Labute approximate surface area is 66.7 Å². The first-order valence-corrected chi connectivity index (χ1v) is 4.13. The summed E-state index contributed by atoms with van der Waals surface area (Å²) in [5, 5.41) is 8.28. The summed E-state index contributed by atoms with van der Waals surface area (Å²) >= 11 is 0. The highest BCUT2D eigenvalue weighted by Crippen LogP contribution is 2.22. The van der Waals surface area contributed by atoms with Gasteiger partial charge in [0.1, 0.15) is 0 Å². The number of aryl methyl sites for hydroxylation is 2. The minimum absolute atomic E-state index is 0.508. The van der Waals surface area contributed by atoms with E-state index in [2.05, 4.69) is 30.1 Å². The minimum Gasteiger partial charge on any atom is -0.155 e. The summed E-state index contributed by atoms with van der Waals surface area (Å²) in [6.07, 6.45) is 2.32. The zero-order valence-electron chi connectivity index (χ0n) is 6.96. The molecule has 0 atom stereocenters. The van der Waals surface area contributed by atoms with E-state index in [1.807, 2.05) is 0 Å². The van der Waals surface area contributed by atoms with Gasteiger partial charge in [-0.3, -0.25) is 0 Å². The van der Waals surface area contributed by atoms with Crippen LogP contribution in [0.1, 0.15) is 36.7 Å². The normalized spacial score (nSPS) is 14.5. The summed E-state index contributed by atoms with van der Waals surface area (Å²) in [5.41, 5.74) is 3.74. The van der Waals surface area contributed by atoms with Gasteiger partial charge < -0.3 is 0 Å². The van der Waals surface area contributed by atoms with Gasteiger partial charge in [0, 0.05) is 0 Å². The highest BCUT2D eigenvalue weighted by atomic mass is 15.1. The molecule has 1 aliphatic carbocycles. The maximum Gasteiger partial charge on any atom is 0.0666 e. The Balaban J connectivity index is 2.38. The number of hydrogen-bond acceptors (Lipinski definition) is 2. The Bertz CT molecular complexity index is 279. The van der Waals surface area contributed by atoms with Gasteiger partial charge in [0.25, 0.3) is 0 Å². The molecule has 0 spiro atoms. The van der Waals surface area contributed by atoms with Crippen molar-refractivity contribution in [1.82, 2.24) is 10.2 Å². The van der Waals surface area contributed by atoms with Gasteiger partial charge >= 0.3 is 0 Å². The number of fused-ring (bicyclic) bond motifs is 1. The lowest BCUT2D eigenvalue weighted by atomic mass is 9.93. The lowest BCUT2D eigenvalue weighted by Gasteiger charge is -2.17. The van der Waals surface area contributed by atoms with Crippen molar-refractivity contribution >= 4 is 0 Å². The molecule has 1 heterocycles. The van der Waals surface area contributed by atoms with Crippen LogP contribution < -0.4 is 0 Å². The molecule has 0 aromatic carbocycles. The van der Waals surface area contributed by atoms with Crippen molar-refractivity contribution in [3.63, 3.8) is 0 Å². The van der Waals surface area contributed by atoms with Crippen molar-refractivity contribution in [2.45, 2.75) is 32.6 Å². The van der Waals surface area contributed by atoms with Gasteiger partial charge in [0.15, 0.2) is 0 Å². The predicted octanol–water partition coefficient (Wildman–Crippen LogP) is 1.70. The zero-order chi connectivity index (χ0) is 7.84. The molecule has 0 amide bonds. The maximum absolute atomic E-state index is 4.14. The van der Waals surface area contributed by atoms with Crippen LogP contribution >= 0.6 is 0 Å². The summed E-state index contributed by atoms with van der Waals surface area (Å²) < 4.78 is 0. The molecule has 1 aromatic rings. The molecule has 58 valence electrons. The van der Waals surface area contributed by atoms with E-state index in [0.717, 1.165) is 12.1 Å². The van der Waals surface area contributed by atoms with Crippen molar-refractivity contribution in [3.05, 3.63) is 23.0 Å². The highest BCUT2D eigenvalue weighted by Gasteiger charge is 2.16. The molecular weight excluding hydrogens is 136 g/mol. The smallest absolute Gasteiger partial charge is 0.0666 e. The van der Waals surface area contributed by atoms with Gasteiger partial charge in [-0.25, -0.2) is 0 Å². The van der Waals surface area contributed by atoms with Crippen LogP contribution in [-0.4, -0.2) is 10.2 Å². The molecule has 1 aliphatic rings. The second-order valence-corrected chi connectivity index (χ2v) is 3.40. The van der Waals surface area contributed by atoms with E-state index < -0.39 is 0 Å². The first-order valence-electron chi connectivity index (χ1n) is 4.13. The minimum atomic E-state index is 0.508. The molecule has 0 unspecified atom stereocenters. The van der Waals surface area contributed by atoms with Crippen molar-refractivity contribution in [1.29, 1.82) is 0 Å². The molecular formula is C9H12N2. The molecule has 0 fully saturated rings. The maximum atomic E-state index is 4.14.